The number of hydrogen-bond acceptors (Lipinski definition) is 7. The van der Waals surface area contributed by atoms with Crippen LogP contribution in [0.5, 0.6) is 5.75 Å². The third-order valence-electron chi connectivity index (χ3n) is 4.40. The van der Waals surface area contributed by atoms with Gasteiger partial charge in [-0.3, -0.25) is 4.79 Å². The molecule has 2 atom stereocenters. The average molecular weight is 633 g/mol. The van der Waals surface area contributed by atoms with E-state index in [0.717, 1.165) is 5.56 Å². The zero-order valence-electron chi connectivity index (χ0n) is 18.9. The van der Waals surface area contributed by atoms with Crippen molar-refractivity contribution in [1.82, 2.24) is 15.6 Å². The van der Waals surface area contributed by atoms with Crippen LogP contribution in [0.3, 0.4) is 0 Å². The Hall–Kier alpha value is -2.33. The molecule has 1 aromatic heterocycles. The number of rotatable bonds is 7. The number of nitriles is 1. The Balaban J connectivity index is 2.30. The minimum atomic E-state index is -0.977. The van der Waals surface area contributed by atoms with E-state index in [4.69, 9.17) is 14.4 Å². The molecule has 11 heteroatoms. The van der Waals surface area contributed by atoms with E-state index in [1.807, 2.05) is 42.5 Å². The first-order chi connectivity index (χ1) is 15.3. The van der Waals surface area contributed by atoms with Crippen molar-refractivity contribution in [3.63, 3.8) is 0 Å². The minimum Gasteiger partial charge on any atom is -0.507 e. The standard InChI is InChI=1S/C22H26BrIN4O5/c1-11(2)17(20-26-15(10-25)18(23)32-20)28-19(30)14(27-21(31)33-22(3,4)5)9-12-6-7-16(29)13(24)8-12/h6-8,11,14,17,29H,9H2,1-5H3,(H,27,31)(H,28,30)/t14-,17-/m0/s1. The molecule has 33 heavy (non-hydrogen) atoms. The molecule has 0 bridgehead atoms. The number of halogens is 2. The number of carbonyl (C=O) groups excluding carboxylic acids is 2. The molecule has 0 saturated heterocycles. The lowest BCUT2D eigenvalue weighted by Crippen LogP contribution is -2.50. The molecule has 0 aliphatic rings. The molecule has 1 heterocycles. The van der Waals surface area contributed by atoms with E-state index in [0.29, 0.717) is 3.57 Å². The molecular weight excluding hydrogens is 607 g/mol. The molecule has 1 aromatic carbocycles. The number of phenols is 1. The summed E-state index contributed by atoms with van der Waals surface area (Å²) in [6.07, 6.45) is -0.576. The summed E-state index contributed by atoms with van der Waals surface area (Å²) in [6.45, 7) is 8.92. The van der Waals surface area contributed by atoms with Crippen LogP contribution >= 0.6 is 38.5 Å². The zero-order valence-corrected chi connectivity index (χ0v) is 22.6. The fraction of sp³-hybridized carbons (Fsp3) is 0.455. The predicted octanol–water partition coefficient (Wildman–Crippen LogP) is 4.57. The SMILES string of the molecule is CC(C)[C@H](NC(=O)[C@H](Cc1ccc(O)c(I)c1)NC(=O)OC(C)(C)C)c1nc(C#N)c(Br)o1. The molecule has 2 amide bonds. The summed E-state index contributed by atoms with van der Waals surface area (Å²) >= 11 is 5.14. The molecule has 178 valence electrons. The van der Waals surface area contributed by atoms with Gasteiger partial charge in [0.15, 0.2) is 5.69 Å². The molecule has 0 fully saturated rings. The lowest BCUT2D eigenvalue weighted by Gasteiger charge is -2.26. The van der Waals surface area contributed by atoms with Gasteiger partial charge in [-0.05, 0) is 82.9 Å². The maximum atomic E-state index is 13.3. The van der Waals surface area contributed by atoms with Crippen molar-refractivity contribution in [2.75, 3.05) is 0 Å². The van der Waals surface area contributed by atoms with E-state index >= 15 is 0 Å². The highest BCUT2D eigenvalue weighted by molar-refractivity contribution is 14.1. The average Bonchev–Trinajstić information content (AvgIpc) is 3.06. The number of benzene rings is 1. The fourth-order valence-electron chi connectivity index (χ4n) is 2.86. The first-order valence-electron chi connectivity index (χ1n) is 10.1. The van der Waals surface area contributed by atoms with Crippen LogP contribution in [0.2, 0.25) is 0 Å². The van der Waals surface area contributed by atoms with Crippen LogP contribution in [0.1, 0.15) is 57.8 Å². The van der Waals surface area contributed by atoms with E-state index in [9.17, 15) is 14.7 Å². The molecule has 0 saturated carbocycles. The molecule has 0 spiro atoms. The summed E-state index contributed by atoms with van der Waals surface area (Å²) in [5, 5.41) is 24.4. The molecular formula is C22H26BrIN4O5. The number of alkyl carbamates (subject to hydrolysis) is 1. The minimum absolute atomic E-state index is 0.0759. The number of nitrogens with one attached hydrogen (secondary N) is 2. The quantitative estimate of drug-likeness (QED) is 0.380. The Morgan fingerprint density at radius 3 is 2.52 bits per heavy atom. The van der Waals surface area contributed by atoms with Gasteiger partial charge < -0.3 is 24.9 Å². The Kier molecular flexibility index (Phi) is 9.13. The first-order valence-corrected chi connectivity index (χ1v) is 12.0. The van der Waals surface area contributed by atoms with E-state index in [2.05, 4.69) is 31.5 Å². The molecule has 0 radical (unpaired) electrons. The summed E-state index contributed by atoms with van der Waals surface area (Å²) in [5.41, 5.74) is 0.0736. The van der Waals surface area contributed by atoms with Gasteiger partial charge in [0, 0.05) is 6.42 Å². The molecule has 3 N–H and O–H groups in total. The number of nitrogens with zero attached hydrogens (tertiary/aromatic N) is 2. The second kappa shape index (κ2) is 11.2. The highest BCUT2D eigenvalue weighted by atomic mass is 127. The Morgan fingerprint density at radius 1 is 1.33 bits per heavy atom. The zero-order chi connectivity index (χ0) is 24.9. The van der Waals surface area contributed by atoms with Gasteiger partial charge >= 0.3 is 6.09 Å². The van der Waals surface area contributed by atoms with E-state index in [-0.39, 0.29) is 34.3 Å². The smallest absolute Gasteiger partial charge is 0.408 e. The number of oxazole rings is 1. The Bertz CT molecular complexity index is 1060. The normalized spacial score (nSPS) is 13.2. The molecule has 9 nitrogen and oxygen atoms in total. The summed E-state index contributed by atoms with van der Waals surface area (Å²) in [6, 6.07) is 5.24. The van der Waals surface area contributed by atoms with Crippen LogP contribution in [0.15, 0.2) is 27.3 Å². The second-order valence-electron chi connectivity index (χ2n) is 8.71. The number of ether oxygens (including phenoxy) is 1. The summed E-state index contributed by atoms with van der Waals surface area (Å²) < 4.78 is 11.7. The summed E-state index contributed by atoms with van der Waals surface area (Å²) in [4.78, 5) is 29.9. The van der Waals surface area contributed by atoms with Crippen molar-refractivity contribution >= 4 is 50.5 Å². The largest absolute Gasteiger partial charge is 0.507 e. The van der Waals surface area contributed by atoms with Gasteiger partial charge in [-0.1, -0.05) is 19.9 Å². The predicted molar refractivity (Wildman–Crippen MR) is 132 cm³/mol. The van der Waals surface area contributed by atoms with Gasteiger partial charge in [-0.15, -0.1) is 0 Å². The molecule has 0 aliphatic carbocycles. The lowest BCUT2D eigenvalue weighted by atomic mass is 10.0. The van der Waals surface area contributed by atoms with Gasteiger partial charge in [0.05, 0.1) is 3.57 Å². The number of carbonyl (C=O) groups is 2. The lowest BCUT2D eigenvalue weighted by molar-refractivity contribution is -0.124. The van der Waals surface area contributed by atoms with E-state index in [1.165, 1.54) is 6.07 Å². The van der Waals surface area contributed by atoms with Crippen LogP contribution in [-0.4, -0.2) is 33.7 Å². The third kappa shape index (κ3) is 7.89. The van der Waals surface area contributed by atoms with Crippen molar-refractivity contribution in [3.05, 3.63) is 43.6 Å². The monoisotopic (exact) mass is 632 g/mol. The molecule has 2 rings (SSSR count). The first kappa shape index (κ1) is 26.9. The summed E-state index contributed by atoms with van der Waals surface area (Å²) in [7, 11) is 0. The number of amides is 2. The van der Waals surface area contributed by atoms with Gasteiger partial charge in [0.2, 0.25) is 16.5 Å². The van der Waals surface area contributed by atoms with Crippen molar-refractivity contribution < 1.29 is 23.8 Å². The number of phenolic OH excluding ortho intramolecular Hbond substituents is 1. The Labute approximate surface area is 214 Å². The highest BCUT2D eigenvalue weighted by Crippen LogP contribution is 2.27. The van der Waals surface area contributed by atoms with Crippen LogP contribution in [0.25, 0.3) is 0 Å². The highest BCUT2D eigenvalue weighted by Gasteiger charge is 2.30. The van der Waals surface area contributed by atoms with E-state index in [1.54, 1.807) is 32.9 Å². The third-order valence-corrected chi connectivity index (χ3v) is 5.80. The van der Waals surface area contributed by atoms with Crippen molar-refractivity contribution in [2.45, 2.75) is 58.7 Å². The number of aromatic nitrogens is 1. The summed E-state index contributed by atoms with van der Waals surface area (Å²) in [5.74, 6) is -0.293. The van der Waals surface area contributed by atoms with Crippen LogP contribution in [-0.2, 0) is 16.0 Å². The van der Waals surface area contributed by atoms with Crippen LogP contribution in [0, 0.1) is 20.8 Å². The van der Waals surface area contributed by atoms with Crippen LogP contribution < -0.4 is 10.6 Å². The van der Waals surface area contributed by atoms with Crippen molar-refractivity contribution in [2.24, 2.45) is 5.92 Å². The molecule has 0 aliphatic heterocycles. The van der Waals surface area contributed by atoms with Gasteiger partial charge in [-0.2, -0.15) is 10.2 Å². The van der Waals surface area contributed by atoms with E-state index < -0.39 is 29.7 Å². The maximum absolute atomic E-state index is 13.3. The topological polar surface area (TPSA) is 137 Å². The molecule has 2 aromatic rings. The van der Waals surface area contributed by atoms with Gasteiger partial charge in [0.25, 0.3) is 0 Å². The van der Waals surface area contributed by atoms with Crippen LogP contribution in [0.4, 0.5) is 4.79 Å². The van der Waals surface area contributed by atoms with Gasteiger partial charge in [0.1, 0.15) is 29.5 Å². The molecule has 0 unspecified atom stereocenters. The number of aromatic hydroxyl groups is 1. The Morgan fingerprint density at radius 2 is 2.00 bits per heavy atom. The van der Waals surface area contributed by atoms with Crippen molar-refractivity contribution in [1.29, 1.82) is 5.26 Å². The van der Waals surface area contributed by atoms with Crippen molar-refractivity contribution in [3.8, 4) is 11.8 Å². The second-order valence-corrected chi connectivity index (χ2v) is 10.6. The number of hydrogen-bond donors (Lipinski definition) is 3. The fourth-order valence-corrected chi connectivity index (χ4v) is 3.78. The van der Waals surface area contributed by atoms with Gasteiger partial charge in [-0.25, -0.2) is 4.79 Å². The maximum Gasteiger partial charge on any atom is 0.408 e.